The number of aryl methyl sites for hydroxylation is 1. The van der Waals surface area contributed by atoms with Gasteiger partial charge in [-0.15, -0.1) is 0 Å². The van der Waals surface area contributed by atoms with Crippen molar-refractivity contribution in [3.63, 3.8) is 0 Å². The first kappa shape index (κ1) is 19.6. The molecule has 1 aromatic heterocycles. The summed E-state index contributed by atoms with van der Waals surface area (Å²) < 4.78 is 0. The number of aliphatic imine (C=N–C) groups is 1. The Balaban J connectivity index is 1.26. The van der Waals surface area contributed by atoms with Gasteiger partial charge in [-0.3, -0.25) is 9.89 Å². The first-order valence-electron chi connectivity index (χ1n) is 10.4. The van der Waals surface area contributed by atoms with E-state index in [-0.39, 0.29) is 5.91 Å². The molecule has 3 aromatic rings. The summed E-state index contributed by atoms with van der Waals surface area (Å²) in [7, 11) is 0. The molecule has 1 fully saturated rings. The molecule has 2 aromatic carbocycles. The fourth-order valence-electron chi connectivity index (χ4n) is 3.83. The zero-order valence-corrected chi connectivity index (χ0v) is 18.1. The topological polar surface area (TPSA) is 64.6 Å². The second-order valence-electron chi connectivity index (χ2n) is 7.69. The van der Waals surface area contributed by atoms with Gasteiger partial charge in [0.1, 0.15) is 0 Å². The number of H-pyrrole nitrogens is 1. The Hall–Kier alpha value is -3.32. The summed E-state index contributed by atoms with van der Waals surface area (Å²) in [4.78, 5) is 22.1. The first-order chi connectivity index (χ1) is 15.2. The molecule has 156 valence electrons. The highest BCUT2D eigenvalue weighted by Crippen LogP contribution is 2.33. The maximum absolute atomic E-state index is 12.6. The molecule has 2 aliphatic heterocycles. The van der Waals surface area contributed by atoms with Crippen LogP contribution in [0.5, 0.6) is 0 Å². The van der Waals surface area contributed by atoms with Crippen LogP contribution in [0.1, 0.15) is 11.1 Å². The molecule has 0 radical (unpaired) electrons. The highest BCUT2D eigenvalue weighted by molar-refractivity contribution is 8.18. The van der Waals surface area contributed by atoms with Gasteiger partial charge in [0.2, 0.25) is 0 Å². The van der Waals surface area contributed by atoms with Crippen molar-refractivity contribution in [1.29, 1.82) is 0 Å². The van der Waals surface area contributed by atoms with E-state index >= 15 is 0 Å². The second-order valence-corrected chi connectivity index (χ2v) is 8.70. The third-order valence-electron chi connectivity index (χ3n) is 5.58. The van der Waals surface area contributed by atoms with Crippen molar-refractivity contribution >= 4 is 34.6 Å². The number of amidine groups is 1. The van der Waals surface area contributed by atoms with E-state index in [1.54, 1.807) is 6.20 Å². The number of thioether (sulfide) groups is 1. The molecule has 0 spiro atoms. The Morgan fingerprint density at radius 1 is 0.968 bits per heavy atom. The van der Waals surface area contributed by atoms with E-state index in [4.69, 9.17) is 0 Å². The summed E-state index contributed by atoms with van der Waals surface area (Å²) >= 11 is 1.45. The van der Waals surface area contributed by atoms with Gasteiger partial charge in [0.05, 0.1) is 16.8 Å². The highest BCUT2D eigenvalue weighted by Gasteiger charge is 2.29. The number of aromatic amines is 1. The summed E-state index contributed by atoms with van der Waals surface area (Å²) in [6.07, 6.45) is 3.64. The van der Waals surface area contributed by atoms with Gasteiger partial charge in [0.25, 0.3) is 5.91 Å². The van der Waals surface area contributed by atoms with Crippen molar-refractivity contribution in [2.24, 2.45) is 4.99 Å². The first-order valence-corrected chi connectivity index (χ1v) is 11.2. The average Bonchev–Trinajstić information content (AvgIpc) is 3.42. The molecule has 0 unspecified atom stereocenters. The summed E-state index contributed by atoms with van der Waals surface area (Å²) in [6.45, 7) is 5.62. The number of hydrogen-bond acceptors (Lipinski definition) is 5. The Morgan fingerprint density at radius 3 is 2.42 bits per heavy atom. The predicted molar refractivity (Wildman–Crippen MR) is 127 cm³/mol. The number of anilines is 1. The minimum absolute atomic E-state index is 0.179. The largest absolute Gasteiger partial charge is 0.368 e. The van der Waals surface area contributed by atoms with Crippen LogP contribution in [0.4, 0.5) is 5.69 Å². The van der Waals surface area contributed by atoms with E-state index in [9.17, 15) is 4.79 Å². The van der Waals surface area contributed by atoms with Crippen LogP contribution in [0.2, 0.25) is 0 Å². The van der Waals surface area contributed by atoms with E-state index in [0.717, 1.165) is 48.2 Å². The van der Waals surface area contributed by atoms with E-state index in [2.05, 4.69) is 56.2 Å². The number of hydrogen-bond donors (Lipinski definition) is 1. The van der Waals surface area contributed by atoms with E-state index < -0.39 is 0 Å². The molecule has 1 N–H and O–H groups in total. The average molecular weight is 430 g/mol. The molecular formula is C24H23N5OS. The normalized spacial score (nSPS) is 18.0. The number of nitrogens with zero attached hydrogens (tertiary/aromatic N) is 4. The van der Waals surface area contributed by atoms with Gasteiger partial charge < -0.3 is 9.80 Å². The van der Waals surface area contributed by atoms with Crippen molar-refractivity contribution in [2.75, 3.05) is 31.1 Å². The maximum Gasteiger partial charge on any atom is 0.286 e. The number of piperazine rings is 1. The molecular weight excluding hydrogens is 406 g/mol. The smallest absolute Gasteiger partial charge is 0.286 e. The van der Waals surface area contributed by atoms with E-state index in [0.29, 0.717) is 4.91 Å². The summed E-state index contributed by atoms with van der Waals surface area (Å²) in [6, 6.07) is 18.6. The Bertz CT molecular complexity index is 1140. The molecule has 6 nitrogen and oxygen atoms in total. The van der Waals surface area contributed by atoms with Crippen LogP contribution < -0.4 is 4.90 Å². The lowest BCUT2D eigenvalue weighted by Gasteiger charge is -2.36. The number of carbonyl (C=O) groups is 1. The van der Waals surface area contributed by atoms with Crippen molar-refractivity contribution in [3.8, 4) is 11.3 Å². The van der Waals surface area contributed by atoms with Crippen LogP contribution in [0, 0.1) is 6.92 Å². The standard InChI is InChI=1S/C24H23N5OS/c1-17-7-9-20(10-8-17)28-11-13-29(14-12-28)24-26-23(30)21(31-24)15-19-16-25-27-22(19)18-5-3-2-4-6-18/h2-10,15-16H,11-14H2,1H3,(H,25,27). The number of rotatable bonds is 3. The van der Waals surface area contributed by atoms with Gasteiger partial charge in [-0.05, 0) is 36.9 Å². The van der Waals surface area contributed by atoms with Crippen molar-refractivity contribution in [1.82, 2.24) is 15.1 Å². The third kappa shape index (κ3) is 4.14. The summed E-state index contributed by atoms with van der Waals surface area (Å²) in [5.74, 6) is -0.179. The van der Waals surface area contributed by atoms with Gasteiger partial charge in [-0.25, -0.2) is 0 Å². The Morgan fingerprint density at radius 2 is 1.68 bits per heavy atom. The van der Waals surface area contributed by atoms with E-state index in [1.165, 1.54) is 23.0 Å². The molecule has 3 heterocycles. The van der Waals surface area contributed by atoms with Crippen LogP contribution in [-0.4, -0.2) is 52.4 Å². The molecule has 5 rings (SSSR count). The lowest BCUT2D eigenvalue weighted by Crippen LogP contribution is -2.47. The number of amides is 1. The van der Waals surface area contributed by atoms with Crippen LogP contribution in [-0.2, 0) is 4.79 Å². The molecule has 2 aliphatic rings. The van der Waals surface area contributed by atoms with Gasteiger partial charge in [0.15, 0.2) is 5.17 Å². The van der Waals surface area contributed by atoms with Gasteiger partial charge in [-0.2, -0.15) is 10.1 Å². The van der Waals surface area contributed by atoms with Gasteiger partial charge >= 0.3 is 0 Å². The maximum atomic E-state index is 12.6. The minimum Gasteiger partial charge on any atom is -0.368 e. The summed E-state index contributed by atoms with van der Waals surface area (Å²) in [5, 5.41) is 8.01. The minimum atomic E-state index is -0.179. The van der Waals surface area contributed by atoms with Crippen LogP contribution in [0.15, 0.2) is 70.7 Å². The zero-order valence-electron chi connectivity index (χ0n) is 17.3. The second kappa shape index (κ2) is 8.43. The molecule has 1 saturated heterocycles. The summed E-state index contributed by atoms with van der Waals surface area (Å²) in [5.41, 5.74) is 5.35. The highest BCUT2D eigenvalue weighted by atomic mass is 32.2. The fourth-order valence-corrected chi connectivity index (χ4v) is 4.78. The quantitative estimate of drug-likeness (QED) is 0.633. The third-order valence-corrected chi connectivity index (χ3v) is 6.62. The molecule has 0 saturated carbocycles. The lowest BCUT2D eigenvalue weighted by atomic mass is 10.1. The Kier molecular flexibility index (Phi) is 5.34. The number of nitrogens with one attached hydrogen (secondary N) is 1. The molecule has 0 aliphatic carbocycles. The molecule has 1 amide bonds. The Labute approximate surface area is 185 Å². The van der Waals surface area contributed by atoms with Crippen molar-refractivity contribution < 1.29 is 4.79 Å². The van der Waals surface area contributed by atoms with Gasteiger partial charge in [-0.1, -0.05) is 48.0 Å². The number of benzene rings is 2. The van der Waals surface area contributed by atoms with Crippen molar-refractivity contribution in [2.45, 2.75) is 6.92 Å². The predicted octanol–water partition coefficient (Wildman–Crippen LogP) is 4.18. The lowest BCUT2D eigenvalue weighted by molar-refractivity contribution is -0.113. The zero-order chi connectivity index (χ0) is 21.2. The van der Waals surface area contributed by atoms with Gasteiger partial charge in [0, 0.05) is 43.0 Å². The van der Waals surface area contributed by atoms with Crippen LogP contribution in [0.25, 0.3) is 17.3 Å². The molecule has 7 heteroatoms. The number of carbonyl (C=O) groups excluding carboxylic acids is 1. The number of aromatic nitrogens is 2. The van der Waals surface area contributed by atoms with Crippen molar-refractivity contribution in [3.05, 3.63) is 76.8 Å². The molecule has 31 heavy (non-hydrogen) atoms. The monoisotopic (exact) mass is 429 g/mol. The molecule has 0 bridgehead atoms. The van der Waals surface area contributed by atoms with E-state index in [1.807, 2.05) is 36.4 Å². The molecule has 0 atom stereocenters. The SMILES string of the molecule is Cc1ccc(N2CCN(C3=NC(=O)C(=Cc4cn[nH]c4-c4ccccc4)S3)CC2)cc1. The van der Waals surface area contributed by atoms with Crippen LogP contribution in [0.3, 0.4) is 0 Å². The fraction of sp³-hybridized carbons (Fsp3) is 0.208. The van der Waals surface area contributed by atoms with Crippen LogP contribution >= 0.6 is 11.8 Å².